The summed E-state index contributed by atoms with van der Waals surface area (Å²) in [5.74, 6) is 0. The Bertz CT molecular complexity index is 869. The van der Waals surface area contributed by atoms with E-state index < -0.39 is 150 Å². The molecule has 0 amide bonds. The first-order valence-corrected chi connectivity index (χ1v) is 14.0. The molecule has 0 bridgehead atoms. The van der Waals surface area contributed by atoms with Crippen molar-refractivity contribution in [2.75, 3.05) is 33.0 Å². The molecule has 0 saturated carbocycles. The van der Waals surface area contributed by atoms with Crippen molar-refractivity contribution in [1.29, 1.82) is 0 Å². The molecular formula is C24H44O21. The zero-order chi connectivity index (χ0) is 33.7. The summed E-state index contributed by atoms with van der Waals surface area (Å²) in [4.78, 5) is 0. The van der Waals surface area contributed by atoms with Gasteiger partial charge in [0.05, 0.1) is 33.0 Å². The van der Waals surface area contributed by atoms with Crippen LogP contribution in [0.1, 0.15) is 0 Å². The van der Waals surface area contributed by atoms with Crippen LogP contribution in [0.2, 0.25) is 0 Å². The highest BCUT2D eigenvalue weighted by atomic mass is 16.8. The minimum absolute atomic E-state index is 0.801. The second kappa shape index (κ2) is 17.0. The molecule has 266 valence electrons. The summed E-state index contributed by atoms with van der Waals surface area (Å²) in [5.41, 5.74) is 0. The smallest absolute Gasteiger partial charge is 0.187 e. The number of aliphatic hydroxyl groups excluding tert-OH is 15. The molecule has 0 aromatic rings. The summed E-state index contributed by atoms with van der Waals surface area (Å²) in [6.07, 6.45) is -35.2. The lowest BCUT2D eigenvalue weighted by atomic mass is 9.96. The molecule has 3 rings (SSSR count). The molecule has 15 N–H and O–H groups in total. The number of hydrogen-bond donors (Lipinski definition) is 15. The maximum absolute atomic E-state index is 11.0. The Morgan fingerprint density at radius 3 is 1.49 bits per heavy atom. The van der Waals surface area contributed by atoms with Gasteiger partial charge in [0, 0.05) is 0 Å². The zero-order valence-corrected chi connectivity index (χ0v) is 23.7. The Labute approximate surface area is 255 Å². The molecule has 3 aliphatic heterocycles. The van der Waals surface area contributed by atoms with Crippen LogP contribution in [0.15, 0.2) is 0 Å². The highest BCUT2D eigenvalue weighted by molar-refractivity contribution is 4.96. The maximum Gasteiger partial charge on any atom is 0.187 e. The van der Waals surface area contributed by atoms with Gasteiger partial charge in [-0.2, -0.15) is 0 Å². The molecule has 3 heterocycles. The molecule has 0 aliphatic carbocycles. The molecular weight excluding hydrogens is 624 g/mol. The van der Waals surface area contributed by atoms with E-state index >= 15 is 0 Å². The van der Waals surface area contributed by atoms with Gasteiger partial charge >= 0.3 is 0 Å². The second-order valence-electron chi connectivity index (χ2n) is 10.9. The minimum Gasteiger partial charge on any atom is -0.394 e. The van der Waals surface area contributed by atoms with Crippen LogP contribution in [0.25, 0.3) is 0 Å². The van der Waals surface area contributed by atoms with Gasteiger partial charge in [-0.15, -0.1) is 0 Å². The van der Waals surface area contributed by atoms with Crippen molar-refractivity contribution in [1.82, 2.24) is 0 Å². The van der Waals surface area contributed by atoms with E-state index in [1.807, 2.05) is 0 Å². The fourth-order valence-corrected chi connectivity index (χ4v) is 5.03. The fraction of sp³-hybridized carbons (Fsp3) is 1.00. The lowest BCUT2D eigenvalue weighted by Gasteiger charge is -2.47. The van der Waals surface area contributed by atoms with Crippen molar-refractivity contribution in [3.63, 3.8) is 0 Å². The van der Waals surface area contributed by atoms with Crippen LogP contribution < -0.4 is 0 Å². The standard InChI is InChI=1S/C24H44O21/c25-1-6(29)11(31)20(7(30)2-26)44-24-19(39)16(36)21(45-23-18(38)15(35)13(33)9(4-28)42-23)10(43-24)5-40-22-17(37)14(34)12(32)8(3-27)41-22/h6-39H,1-5H2/t6-,7-,8+,9+,10+,11-,12+,13+,14-,15-,16+,17+,18+,19+,20-,21+,22+,23-,24+/m0/s1. The normalized spacial score (nSPS) is 45.5. The maximum atomic E-state index is 11.0. The molecule has 45 heavy (non-hydrogen) atoms. The second-order valence-corrected chi connectivity index (χ2v) is 10.9. The quantitative estimate of drug-likeness (QED) is 0.0816. The first kappa shape index (κ1) is 38.6. The molecule has 0 radical (unpaired) electrons. The van der Waals surface area contributed by atoms with Gasteiger partial charge in [0.2, 0.25) is 0 Å². The molecule has 0 aromatic heterocycles. The van der Waals surface area contributed by atoms with Crippen LogP contribution in [-0.4, -0.2) is 226 Å². The van der Waals surface area contributed by atoms with E-state index in [0.29, 0.717) is 0 Å². The number of aliphatic hydroxyl groups is 15. The van der Waals surface area contributed by atoms with Gasteiger partial charge in [0.1, 0.15) is 97.7 Å². The SMILES string of the molecule is OC[C@H](O)[C@H](O)[C@@H](O[C@H]1O[C@H](CO[C@@H]2O[C@H](CO)[C@@H](O)[C@H](O)[C@H]2O)[C@@H](O[C@@H]2O[C@H](CO)[C@@H](O)[C@H](O)[C@H]2O)[C@H](O)[C@H]1O)[C@@H](O)CO. The van der Waals surface area contributed by atoms with E-state index in [0.717, 1.165) is 0 Å². The lowest BCUT2D eigenvalue weighted by Crippen LogP contribution is -2.66. The first-order chi connectivity index (χ1) is 21.2. The van der Waals surface area contributed by atoms with Gasteiger partial charge in [-0.1, -0.05) is 0 Å². The van der Waals surface area contributed by atoms with E-state index in [9.17, 15) is 76.6 Å². The molecule has 19 atom stereocenters. The van der Waals surface area contributed by atoms with Crippen molar-refractivity contribution in [2.24, 2.45) is 0 Å². The highest BCUT2D eigenvalue weighted by Gasteiger charge is 2.53. The monoisotopic (exact) mass is 668 g/mol. The van der Waals surface area contributed by atoms with Crippen LogP contribution in [0.4, 0.5) is 0 Å². The van der Waals surface area contributed by atoms with Gasteiger partial charge in [-0.25, -0.2) is 0 Å². The van der Waals surface area contributed by atoms with Crippen molar-refractivity contribution in [3.8, 4) is 0 Å². The summed E-state index contributed by atoms with van der Waals surface area (Å²) in [5, 5.41) is 151. The Morgan fingerprint density at radius 1 is 0.511 bits per heavy atom. The Kier molecular flexibility index (Phi) is 14.6. The highest BCUT2D eigenvalue weighted by Crippen LogP contribution is 2.32. The topological polar surface area (TPSA) is 359 Å². The van der Waals surface area contributed by atoms with E-state index in [-0.39, 0.29) is 0 Å². The first-order valence-electron chi connectivity index (χ1n) is 14.0. The summed E-state index contributed by atoms with van der Waals surface area (Å²) in [6, 6.07) is 0. The molecule has 0 unspecified atom stereocenters. The number of ether oxygens (including phenoxy) is 6. The number of hydrogen-bond acceptors (Lipinski definition) is 21. The summed E-state index contributed by atoms with van der Waals surface area (Å²) in [7, 11) is 0. The zero-order valence-electron chi connectivity index (χ0n) is 23.7. The van der Waals surface area contributed by atoms with E-state index in [1.165, 1.54) is 0 Å². The Hall–Kier alpha value is -0.840. The van der Waals surface area contributed by atoms with Crippen molar-refractivity contribution >= 4 is 0 Å². The molecule has 3 fully saturated rings. The van der Waals surface area contributed by atoms with Crippen LogP contribution in [0.5, 0.6) is 0 Å². The van der Waals surface area contributed by atoms with Crippen molar-refractivity contribution in [2.45, 2.75) is 117 Å². The molecule has 0 spiro atoms. The van der Waals surface area contributed by atoms with Gasteiger partial charge in [-0.05, 0) is 0 Å². The fourth-order valence-electron chi connectivity index (χ4n) is 5.03. The third-order valence-electron chi connectivity index (χ3n) is 7.83. The predicted octanol–water partition coefficient (Wildman–Crippen LogP) is -10.1. The van der Waals surface area contributed by atoms with Crippen LogP contribution in [-0.2, 0) is 28.4 Å². The van der Waals surface area contributed by atoms with E-state index in [1.54, 1.807) is 0 Å². The van der Waals surface area contributed by atoms with Crippen molar-refractivity contribution < 1.29 is 105 Å². The van der Waals surface area contributed by atoms with Crippen molar-refractivity contribution in [3.05, 3.63) is 0 Å². The third kappa shape index (κ3) is 8.61. The van der Waals surface area contributed by atoms with E-state index in [2.05, 4.69) is 0 Å². The van der Waals surface area contributed by atoms with Gasteiger partial charge in [-0.3, -0.25) is 0 Å². The largest absolute Gasteiger partial charge is 0.394 e. The van der Waals surface area contributed by atoms with Crippen LogP contribution >= 0.6 is 0 Å². The Morgan fingerprint density at radius 2 is 0.978 bits per heavy atom. The average molecular weight is 669 g/mol. The molecule has 21 nitrogen and oxygen atoms in total. The van der Waals surface area contributed by atoms with Crippen LogP contribution in [0, 0.1) is 0 Å². The average Bonchev–Trinajstić information content (AvgIpc) is 3.04. The summed E-state index contributed by atoms with van der Waals surface area (Å²) in [6.45, 7) is -4.50. The number of rotatable bonds is 14. The van der Waals surface area contributed by atoms with Gasteiger partial charge in [0.15, 0.2) is 18.9 Å². The van der Waals surface area contributed by atoms with Gasteiger partial charge < -0.3 is 105 Å². The third-order valence-corrected chi connectivity index (χ3v) is 7.83. The van der Waals surface area contributed by atoms with Gasteiger partial charge in [0.25, 0.3) is 0 Å². The lowest BCUT2D eigenvalue weighted by molar-refractivity contribution is -0.374. The molecule has 0 aromatic carbocycles. The Balaban J connectivity index is 1.88. The minimum atomic E-state index is -2.13. The molecule has 21 heteroatoms. The molecule has 3 saturated heterocycles. The summed E-state index contributed by atoms with van der Waals surface area (Å²) >= 11 is 0. The van der Waals surface area contributed by atoms with Crippen LogP contribution in [0.3, 0.4) is 0 Å². The summed E-state index contributed by atoms with van der Waals surface area (Å²) < 4.78 is 32.7. The predicted molar refractivity (Wildman–Crippen MR) is 136 cm³/mol. The molecule has 3 aliphatic rings. The van der Waals surface area contributed by atoms with E-state index in [4.69, 9.17) is 28.4 Å².